The van der Waals surface area contributed by atoms with Crippen molar-refractivity contribution in [2.75, 3.05) is 39.6 Å². The van der Waals surface area contributed by atoms with Gasteiger partial charge in [-0.25, -0.2) is 9.13 Å². The van der Waals surface area contributed by atoms with Crippen LogP contribution >= 0.6 is 15.6 Å². The topological polar surface area (TPSA) is 231 Å². The zero-order valence-corrected chi connectivity index (χ0v) is 65.7. The number of aliphatic hydroxyl groups is 2. The molecule has 16 nitrogen and oxygen atoms in total. The molecule has 103 heavy (non-hydrogen) atoms. The smallest absolute Gasteiger partial charge is 0.463 e. The van der Waals surface area contributed by atoms with Gasteiger partial charge in [0.2, 0.25) is 0 Å². The summed E-state index contributed by atoms with van der Waals surface area (Å²) in [7, 11) is -9.81. The fourth-order valence-electron chi connectivity index (χ4n) is 10.0. The van der Waals surface area contributed by atoms with E-state index in [1.807, 2.05) is 0 Å². The summed E-state index contributed by atoms with van der Waals surface area (Å²) in [5.74, 6) is -1.63. The van der Waals surface area contributed by atoms with Crippen molar-refractivity contribution >= 4 is 33.6 Å². The summed E-state index contributed by atoms with van der Waals surface area (Å²) in [4.78, 5) is 58.6. The lowest BCUT2D eigenvalue weighted by atomic mass is 10.0. The van der Waals surface area contributed by atoms with Crippen LogP contribution in [0, 0.1) is 0 Å². The highest BCUT2D eigenvalue weighted by Crippen LogP contribution is 2.45. The molecule has 0 spiro atoms. The summed E-state index contributed by atoms with van der Waals surface area (Å²) in [6, 6.07) is 0. The molecule has 0 rings (SSSR count). The predicted octanol–water partition coefficient (Wildman–Crippen LogP) is 23.2. The summed E-state index contributed by atoms with van der Waals surface area (Å²) in [6.45, 7) is 2.28. The van der Waals surface area contributed by atoms with Crippen molar-refractivity contribution in [1.29, 1.82) is 0 Å². The quantitative estimate of drug-likeness (QED) is 0.0146. The molecule has 4 N–H and O–H groups in total. The molecule has 0 bridgehead atoms. The first-order valence-electron chi connectivity index (χ1n) is 39.4. The predicted molar refractivity (Wildman–Crippen MR) is 426 cm³/mol. The van der Waals surface area contributed by atoms with E-state index in [-0.39, 0.29) is 19.3 Å². The van der Waals surface area contributed by atoms with Crippen LogP contribution in [0.4, 0.5) is 0 Å². The van der Waals surface area contributed by atoms with Gasteiger partial charge < -0.3 is 34.2 Å². The van der Waals surface area contributed by atoms with Crippen LogP contribution in [-0.2, 0) is 55.8 Å². The van der Waals surface area contributed by atoms with Crippen molar-refractivity contribution in [3.63, 3.8) is 0 Å². The van der Waals surface area contributed by atoms with Crippen molar-refractivity contribution in [3.05, 3.63) is 170 Å². The van der Waals surface area contributed by atoms with Crippen molar-refractivity contribution in [1.82, 2.24) is 0 Å². The van der Waals surface area contributed by atoms with Gasteiger partial charge in [-0.1, -0.05) is 294 Å². The molecule has 0 aliphatic carbocycles. The number of allylic oxidation sites excluding steroid dienone is 28. The Morgan fingerprint density at radius 1 is 0.272 bits per heavy atom. The van der Waals surface area contributed by atoms with Crippen LogP contribution in [0.15, 0.2) is 170 Å². The van der Waals surface area contributed by atoms with Crippen molar-refractivity contribution in [3.8, 4) is 0 Å². The van der Waals surface area contributed by atoms with Crippen LogP contribution in [-0.4, -0.2) is 95.9 Å². The third-order valence-corrected chi connectivity index (χ3v) is 17.8. The summed E-state index contributed by atoms with van der Waals surface area (Å²) in [6.07, 6.45) is 96.9. The highest BCUT2D eigenvalue weighted by atomic mass is 31.2. The molecule has 0 radical (unpaired) electrons. The van der Waals surface area contributed by atoms with Crippen LogP contribution in [0.3, 0.4) is 0 Å². The number of phosphoric acid groups is 2. The second-order valence-electron chi connectivity index (χ2n) is 25.7. The molecule has 0 saturated carbocycles. The Balaban J connectivity index is 4.54. The Morgan fingerprint density at radius 2 is 0.485 bits per heavy atom. The minimum atomic E-state index is -4.95. The number of phosphoric ester groups is 2. The summed E-state index contributed by atoms with van der Waals surface area (Å²) < 4.78 is 61.1. The zero-order chi connectivity index (χ0) is 75.2. The lowest BCUT2D eigenvalue weighted by Crippen LogP contribution is -2.30. The van der Waals surface area contributed by atoms with E-state index < -0.39 is 91.5 Å². The first-order chi connectivity index (χ1) is 50.2. The van der Waals surface area contributed by atoms with E-state index in [9.17, 15) is 43.5 Å². The highest BCUT2D eigenvalue weighted by Gasteiger charge is 2.29. The molecule has 5 unspecified atom stereocenters. The Hall–Kier alpha value is -5.09. The summed E-state index contributed by atoms with van der Waals surface area (Å²) >= 11 is 0. The lowest BCUT2D eigenvalue weighted by Gasteiger charge is -2.21. The number of unbranched alkanes of at least 4 members (excludes halogenated alkanes) is 22. The molecule has 18 heteroatoms. The van der Waals surface area contributed by atoms with Crippen LogP contribution in [0.2, 0.25) is 0 Å². The maximum Gasteiger partial charge on any atom is 0.472 e. The monoisotopic (exact) mass is 1480 g/mol. The van der Waals surface area contributed by atoms with Gasteiger partial charge in [0.1, 0.15) is 25.4 Å². The van der Waals surface area contributed by atoms with E-state index in [0.717, 1.165) is 180 Å². The molecule has 0 aromatic carbocycles. The Kier molecular flexibility index (Phi) is 72.8. The van der Waals surface area contributed by atoms with Gasteiger partial charge >= 0.3 is 33.6 Å². The fourth-order valence-corrected chi connectivity index (χ4v) is 11.6. The fraction of sp³-hybridized carbons (Fsp3) is 0.635. The maximum absolute atomic E-state index is 13.0. The molecule has 0 aliphatic heterocycles. The summed E-state index contributed by atoms with van der Waals surface area (Å²) in [5, 5.41) is 20.6. The van der Waals surface area contributed by atoms with Gasteiger partial charge in [-0.15, -0.1) is 0 Å². The minimum absolute atomic E-state index is 0.0751. The molecule has 0 aliphatic rings. The van der Waals surface area contributed by atoms with Crippen molar-refractivity contribution in [2.45, 2.75) is 309 Å². The molecule has 0 aromatic rings. The number of aliphatic hydroxyl groups excluding tert-OH is 2. The third kappa shape index (κ3) is 77.8. The zero-order valence-electron chi connectivity index (χ0n) is 63.9. The number of ether oxygens (including phenoxy) is 3. The number of rotatable bonds is 73. The number of esters is 3. The van der Waals surface area contributed by atoms with Gasteiger partial charge in [-0.3, -0.25) is 32.5 Å². The van der Waals surface area contributed by atoms with E-state index in [1.54, 1.807) is 0 Å². The third-order valence-electron chi connectivity index (χ3n) is 15.9. The standard InChI is InChI=1S/C85H140O16P2/c1-4-7-10-13-16-19-22-25-28-30-32-34-35-36-37-38-39-40-41-42-43-45-47-48-51-53-56-59-62-65-68-71-83(88)95-74-80(86)75-97-102(91,92)98-76-81(87)77-99-103(93,94)100-79-82(101-85(90)73-70-67-64-61-58-55-50-27-24-21-18-15-12-9-6-3)78-96-84(89)72-69-66-63-60-57-54-52-49-46-44-33-31-29-26-23-20-17-14-11-8-5-2/h7-12,16-21,25-29,32-34,36-37,39-40,44,49-50,52,80-82,86-87H,4-6,13-15,22-24,30-31,35,38,41-43,45-48,51,53-79H2,1-3H3,(H,91,92)(H,93,94)/b10-7-,11-8-,12-9-,19-16-,20-17-,21-18-,28-25-,29-26-,34-32-,37-36-,40-39-,44-33-,50-27-,52-49-. The normalized spacial score (nSPS) is 14.9. The first kappa shape index (κ1) is 97.9. The van der Waals surface area contributed by atoms with E-state index in [0.29, 0.717) is 19.3 Å². The van der Waals surface area contributed by atoms with E-state index in [4.69, 9.17) is 32.3 Å². The number of carbonyl (C=O) groups excluding carboxylic acids is 3. The largest absolute Gasteiger partial charge is 0.472 e. The lowest BCUT2D eigenvalue weighted by molar-refractivity contribution is -0.161. The van der Waals surface area contributed by atoms with Gasteiger partial charge in [0, 0.05) is 19.3 Å². The van der Waals surface area contributed by atoms with Crippen LogP contribution in [0.5, 0.6) is 0 Å². The maximum atomic E-state index is 13.0. The average Bonchev–Trinajstić information content (AvgIpc) is 0.922. The van der Waals surface area contributed by atoms with Gasteiger partial charge in [-0.05, 0) is 148 Å². The van der Waals surface area contributed by atoms with Gasteiger partial charge in [-0.2, -0.15) is 0 Å². The molecule has 0 fully saturated rings. The average molecular weight is 1480 g/mol. The molecular formula is C85H140O16P2. The molecule has 586 valence electrons. The molecular weight excluding hydrogens is 1340 g/mol. The second-order valence-corrected chi connectivity index (χ2v) is 28.6. The second kappa shape index (κ2) is 76.6. The molecule has 0 saturated heterocycles. The van der Waals surface area contributed by atoms with Crippen molar-refractivity contribution in [2.24, 2.45) is 0 Å². The van der Waals surface area contributed by atoms with Crippen LogP contribution < -0.4 is 0 Å². The molecule has 0 aromatic heterocycles. The van der Waals surface area contributed by atoms with Gasteiger partial charge in [0.25, 0.3) is 0 Å². The molecule has 0 heterocycles. The van der Waals surface area contributed by atoms with Gasteiger partial charge in [0.05, 0.1) is 26.4 Å². The number of hydrogen-bond donors (Lipinski definition) is 4. The summed E-state index contributed by atoms with van der Waals surface area (Å²) in [5.41, 5.74) is 0. The first-order valence-corrected chi connectivity index (χ1v) is 42.4. The van der Waals surface area contributed by atoms with E-state index in [2.05, 4.69) is 191 Å². The Bertz CT molecular complexity index is 2550. The molecule has 0 amide bonds. The minimum Gasteiger partial charge on any atom is -0.463 e. The Labute approximate surface area is 624 Å². The number of carbonyl (C=O) groups is 3. The Morgan fingerprint density at radius 3 is 0.767 bits per heavy atom. The number of hydrogen-bond acceptors (Lipinski definition) is 14. The molecule has 5 atom stereocenters. The SMILES string of the molecule is CC/C=C\C/C=C\C/C=C\C/C=C\C/C=C\C/C=C\CCCCCCCCCCCCCCC(=O)OCC(O)COP(=O)(O)OCC(O)COP(=O)(O)OCC(COC(=O)CCCCCCC/C=C\C/C=C\C/C=C\C/C=C\C/C=C\CC)OC(=O)CCCCCCC/C=C\C/C=C\C/C=C\CC. The van der Waals surface area contributed by atoms with Gasteiger partial charge in [0.15, 0.2) is 6.10 Å². The van der Waals surface area contributed by atoms with Crippen molar-refractivity contribution < 1.29 is 75.8 Å². The highest BCUT2D eigenvalue weighted by molar-refractivity contribution is 7.47. The van der Waals surface area contributed by atoms with E-state index in [1.165, 1.54) is 51.4 Å². The van der Waals surface area contributed by atoms with Crippen LogP contribution in [0.25, 0.3) is 0 Å². The van der Waals surface area contributed by atoms with Crippen LogP contribution in [0.1, 0.15) is 290 Å². The van der Waals surface area contributed by atoms with E-state index >= 15 is 0 Å².